The highest BCUT2D eigenvalue weighted by atomic mass is 15.6. The second-order valence-electron chi connectivity index (χ2n) is 5.64. The van der Waals surface area contributed by atoms with Crippen LogP contribution in [-0.4, -0.2) is 18.1 Å². The summed E-state index contributed by atoms with van der Waals surface area (Å²) < 4.78 is 0. The van der Waals surface area contributed by atoms with E-state index in [1.807, 2.05) is 0 Å². The Labute approximate surface area is 135 Å². The number of hydrogen-bond donors (Lipinski definition) is 0. The predicted octanol–water partition coefficient (Wildman–Crippen LogP) is 5.64. The summed E-state index contributed by atoms with van der Waals surface area (Å²) in [5, 5.41) is 4.88. The van der Waals surface area contributed by atoms with E-state index in [9.17, 15) is 0 Å². The zero-order valence-corrected chi connectivity index (χ0v) is 13.9. The molecule has 0 fully saturated rings. The molecular weight excluding hydrogens is 268 g/mol. The Morgan fingerprint density at radius 3 is 1.41 bits per heavy atom. The number of anilines is 2. The van der Waals surface area contributed by atoms with Gasteiger partial charge in [-0.1, -0.05) is 63.1 Å². The number of nitrogens with zero attached hydrogens (tertiary/aromatic N) is 2. The molecule has 0 unspecified atom stereocenters. The summed E-state index contributed by atoms with van der Waals surface area (Å²) in [5.74, 6) is 0. The van der Waals surface area contributed by atoms with Gasteiger partial charge in [0.15, 0.2) is 0 Å². The van der Waals surface area contributed by atoms with Gasteiger partial charge >= 0.3 is 0 Å². The van der Waals surface area contributed by atoms with Crippen LogP contribution in [0.1, 0.15) is 39.5 Å². The molecule has 22 heavy (non-hydrogen) atoms. The Morgan fingerprint density at radius 1 is 0.636 bits per heavy atom. The van der Waals surface area contributed by atoms with E-state index in [-0.39, 0.29) is 0 Å². The lowest BCUT2D eigenvalue weighted by Crippen LogP contribution is -2.40. The first-order chi connectivity index (χ1) is 10.9. The summed E-state index contributed by atoms with van der Waals surface area (Å²) in [4.78, 5) is 0. The summed E-state index contributed by atoms with van der Waals surface area (Å²) in [6.45, 7) is 6.71. The molecule has 0 N–H and O–H groups in total. The highest BCUT2D eigenvalue weighted by Gasteiger charge is 2.17. The van der Waals surface area contributed by atoms with Crippen LogP contribution in [0.2, 0.25) is 0 Å². The first-order valence-electron chi connectivity index (χ1n) is 8.52. The van der Waals surface area contributed by atoms with Crippen molar-refractivity contribution in [2.45, 2.75) is 39.5 Å². The van der Waals surface area contributed by atoms with Crippen LogP contribution in [0.25, 0.3) is 0 Å². The average molecular weight is 296 g/mol. The molecule has 2 nitrogen and oxygen atoms in total. The maximum Gasteiger partial charge on any atom is 0.0580 e. The molecule has 0 aliphatic heterocycles. The van der Waals surface area contributed by atoms with Crippen LogP contribution < -0.4 is 5.01 Å². The zero-order valence-electron chi connectivity index (χ0n) is 13.9. The van der Waals surface area contributed by atoms with Crippen molar-refractivity contribution in [3.63, 3.8) is 0 Å². The van der Waals surface area contributed by atoms with Crippen LogP contribution in [0.5, 0.6) is 0 Å². The Kier molecular flexibility index (Phi) is 6.98. The molecular formula is C20H28N2. The van der Waals surface area contributed by atoms with E-state index < -0.39 is 0 Å². The fraction of sp³-hybridized carbons (Fsp3) is 0.400. The second kappa shape index (κ2) is 9.26. The predicted molar refractivity (Wildman–Crippen MR) is 96.4 cm³/mol. The van der Waals surface area contributed by atoms with Gasteiger partial charge in [0.1, 0.15) is 0 Å². The van der Waals surface area contributed by atoms with Gasteiger partial charge in [0, 0.05) is 13.1 Å². The molecule has 2 rings (SSSR count). The SMILES string of the molecule is CCCCN(CCCC)N(c1ccccc1)c1ccccc1. The van der Waals surface area contributed by atoms with E-state index in [1.165, 1.54) is 37.1 Å². The van der Waals surface area contributed by atoms with Crippen molar-refractivity contribution in [3.8, 4) is 0 Å². The lowest BCUT2D eigenvalue weighted by atomic mass is 10.2. The Balaban J connectivity index is 2.32. The minimum absolute atomic E-state index is 1.10. The van der Waals surface area contributed by atoms with Gasteiger partial charge in [0.25, 0.3) is 0 Å². The molecule has 0 radical (unpaired) electrons. The third kappa shape index (κ3) is 4.60. The summed E-state index contributed by atoms with van der Waals surface area (Å²) in [6, 6.07) is 21.4. The molecule has 0 bridgehead atoms. The second-order valence-corrected chi connectivity index (χ2v) is 5.64. The number of hydrazine groups is 1. The van der Waals surface area contributed by atoms with Crippen LogP contribution in [0.4, 0.5) is 11.4 Å². The van der Waals surface area contributed by atoms with Gasteiger partial charge in [-0.3, -0.25) is 5.01 Å². The van der Waals surface area contributed by atoms with Gasteiger partial charge < -0.3 is 0 Å². The van der Waals surface area contributed by atoms with Gasteiger partial charge in [0.2, 0.25) is 0 Å². The maximum absolute atomic E-state index is 2.50. The molecule has 0 atom stereocenters. The molecule has 118 valence electrons. The molecule has 0 aromatic heterocycles. The molecule has 2 aromatic carbocycles. The lowest BCUT2D eigenvalue weighted by Gasteiger charge is -2.37. The molecule has 0 saturated carbocycles. The highest BCUT2D eigenvalue weighted by Crippen LogP contribution is 2.27. The van der Waals surface area contributed by atoms with Crippen molar-refractivity contribution in [3.05, 3.63) is 60.7 Å². The fourth-order valence-electron chi connectivity index (χ4n) is 2.61. The van der Waals surface area contributed by atoms with Gasteiger partial charge in [-0.05, 0) is 37.1 Å². The van der Waals surface area contributed by atoms with Crippen LogP contribution in [0.15, 0.2) is 60.7 Å². The molecule has 0 saturated heterocycles. The quantitative estimate of drug-likeness (QED) is 0.552. The minimum atomic E-state index is 1.10. The number of hydrogen-bond acceptors (Lipinski definition) is 2. The topological polar surface area (TPSA) is 6.48 Å². The van der Waals surface area contributed by atoms with Crippen LogP contribution in [0, 0.1) is 0 Å². The van der Waals surface area contributed by atoms with Gasteiger partial charge in [-0.25, -0.2) is 5.01 Å². The van der Waals surface area contributed by atoms with Crippen molar-refractivity contribution in [1.29, 1.82) is 0 Å². The van der Waals surface area contributed by atoms with Gasteiger partial charge in [-0.2, -0.15) is 0 Å². The van der Waals surface area contributed by atoms with Crippen molar-refractivity contribution >= 4 is 11.4 Å². The van der Waals surface area contributed by atoms with Crippen molar-refractivity contribution < 1.29 is 0 Å². The molecule has 0 heterocycles. The van der Waals surface area contributed by atoms with Crippen LogP contribution in [0.3, 0.4) is 0 Å². The molecule has 2 aromatic rings. The number of rotatable bonds is 9. The Bertz CT molecular complexity index is 462. The summed E-state index contributed by atoms with van der Waals surface area (Å²) >= 11 is 0. The first kappa shape index (κ1) is 16.6. The summed E-state index contributed by atoms with van der Waals surface area (Å²) in [5.41, 5.74) is 2.47. The lowest BCUT2D eigenvalue weighted by molar-refractivity contribution is 0.269. The van der Waals surface area contributed by atoms with Gasteiger partial charge in [-0.15, -0.1) is 0 Å². The highest BCUT2D eigenvalue weighted by molar-refractivity contribution is 5.61. The van der Waals surface area contributed by atoms with Crippen molar-refractivity contribution in [2.75, 3.05) is 18.1 Å². The third-order valence-corrected chi connectivity index (χ3v) is 3.82. The monoisotopic (exact) mass is 296 g/mol. The van der Waals surface area contributed by atoms with Crippen molar-refractivity contribution in [2.24, 2.45) is 0 Å². The molecule has 0 spiro atoms. The first-order valence-corrected chi connectivity index (χ1v) is 8.52. The summed E-state index contributed by atoms with van der Waals surface area (Å²) in [6.07, 6.45) is 4.89. The van der Waals surface area contributed by atoms with E-state index in [0.717, 1.165) is 13.1 Å². The van der Waals surface area contributed by atoms with Crippen LogP contribution in [-0.2, 0) is 0 Å². The van der Waals surface area contributed by atoms with Crippen LogP contribution >= 0.6 is 0 Å². The Morgan fingerprint density at radius 2 is 1.05 bits per heavy atom. The number of benzene rings is 2. The van der Waals surface area contributed by atoms with E-state index in [4.69, 9.17) is 0 Å². The zero-order chi connectivity index (χ0) is 15.6. The number of para-hydroxylation sites is 2. The molecule has 0 aliphatic carbocycles. The molecule has 0 aliphatic rings. The van der Waals surface area contributed by atoms with E-state index in [1.54, 1.807) is 0 Å². The van der Waals surface area contributed by atoms with E-state index >= 15 is 0 Å². The van der Waals surface area contributed by atoms with E-state index in [2.05, 4.69) is 84.5 Å². The summed E-state index contributed by atoms with van der Waals surface area (Å²) in [7, 11) is 0. The average Bonchev–Trinajstić information content (AvgIpc) is 2.59. The standard InChI is InChI=1S/C20H28N2/c1-3-5-17-21(18-6-4-2)22(19-13-9-7-10-14-19)20-15-11-8-12-16-20/h7-16H,3-6,17-18H2,1-2H3. The normalized spacial score (nSPS) is 10.9. The Hall–Kier alpha value is -1.80. The van der Waals surface area contributed by atoms with Crippen molar-refractivity contribution in [1.82, 2.24) is 5.01 Å². The number of unbranched alkanes of at least 4 members (excludes halogenated alkanes) is 2. The largest absolute Gasteiger partial charge is 0.274 e. The minimum Gasteiger partial charge on any atom is -0.274 e. The van der Waals surface area contributed by atoms with Gasteiger partial charge in [0.05, 0.1) is 11.4 Å². The third-order valence-electron chi connectivity index (χ3n) is 3.82. The molecule has 0 amide bonds. The maximum atomic E-state index is 2.50. The molecule has 2 heteroatoms. The smallest absolute Gasteiger partial charge is 0.0580 e. The van der Waals surface area contributed by atoms with E-state index in [0.29, 0.717) is 0 Å². The fourth-order valence-corrected chi connectivity index (χ4v) is 2.61.